The third-order valence-electron chi connectivity index (χ3n) is 3.66. The maximum Gasteiger partial charge on any atom is 0.262 e. The van der Waals surface area contributed by atoms with Crippen LogP contribution in [0.1, 0.15) is 23.4 Å². The Bertz CT molecular complexity index is 814. The summed E-state index contributed by atoms with van der Waals surface area (Å²) < 4.78 is 1.64. The summed E-state index contributed by atoms with van der Waals surface area (Å²) in [4.78, 5) is 17.4. The van der Waals surface area contributed by atoms with Crippen molar-refractivity contribution in [2.24, 2.45) is 0 Å². The van der Waals surface area contributed by atoms with Crippen molar-refractivity contribution in [3.05, 3.63) is 45.1 Å². The molecule has 3 aromatic rings. The minimum Gasteiger partial charge on any atom is -0.293 e. The van der Waals surface area contributed by atoms with E-state index in [1.165, 1.54) is 29.0 Å². The number of aryl methyl sites for hydroxylation is 1. The monoisotopic (exact) mass is 272 g/mol. The molecular weight excluding hydrogens is 260 g/mol. The molecule has 1 N–H and O–H groups in total. The summed E-state index contributed by atoms with van der Waals surface area (Å²) in [6, 6.07) is 1.83. The lowest BCUT2D eigenvalue weighted by Gasteiger charge is -2.04. The summed E-state index contributed by atoms with van der Waals surface area (Å²) in [6.45, 7) is 0.503. The molecule has 0 bridgehead atoms. The molecule has 0 unspecified atom stereocenters. The highest BCUT2D eigenvalue weighted by Crippen LogP contribution is 2.23. The molecule has 1 aliphatic carbocycles. The fourth-order valence-electron chi connectivity index (χ4n) is 2.69. The largest absolute Gasteiger partial charge is 0.293 e. The number of aromatic amines is 1. The van der Waals surface area contributed by atoms with E-state index in [1.807, 2.05) is 11.4 Å². The maximum absolute atomic E-state index is 12.3. The minimum atomic E-state index is 0.0148. The summed E-state index contributed by atoms with van der Waals surface area (Å²) >= 11 is 1.49. The van der Waals surface area contributed by atoms with Gasteiger partial charge in [-0.15, -0.1) is 11.3 Å². The fourth-order valence-corrected chi connectivity index (χ4v) is 3.41. The molecule has 0 saturated carbocycles. The Balaban J connectivity index is 1.78. The zero-order chi connectivity index (χ0) is 12.8. The number of hydrogen-bond donors (Lipinski definition) is 1. The van der Waals surface area contributed by atoms with Crippen LogP contribution in [-0.4, -0.2) is 19.7 Å². The van der Waals surface area contributed by atoms with Crippen LogP contribution >= 0.6 is 11.3 Å². The molecule has 5 nitrogen and oxygen atoms in total. The van der Waals surface area contributed by atoms with Gasteiger partial charge in [-0.05, 0) is 36.3 Å². The summed E-state index contributed by atoms with van der Waals surface area (Å²) in [6.07, 6.45) is 4.92. The van der Waals surface area contributed by atoms with Gasteiger partial charge in [0, 0.05) is 5.69 Å². The van der Waals surface area contributed by atoms with Gasteiger partial charge in [-0.2, -0.15) is 5.10 Å². The van der Waals surface area contributed by atoms with E-state index in [2.05, 4.69) is 15.2 Å². The van der Waals surface area contributed by atoms with Gasteiger partial charge in [-0.3, -0.25) is 14.5 Å². The van der Waals surface area contributed by atoms with E-state index >= 15 is 0 Å². The number of nitrogens with zero attached hydrogens (tertiary/aromatic N) is 3. The third kappa shape index (κ3) is 1.63. The molecule has 0 amide bonds. The van der Waals surface area contributed by atoms with Gasteiger partial charge in [-0.1, -0.05) is 0 Å². The molecule has 3 aromatic heterocycles. The van der Waals surface area contributed by atoms with Crippen LogP contribution in [0.5, 0.6) is 0 Å². The van der Waals surface area contributed by atoms with Crippen molar-refractivity contribution in [3.8, 4) is 0 Å². The normalized spacial score (nSPS) is 14.1. The first-order chi connectivity index (χ1) is 9.33. The lowest BCUT2D eigenvalue weighted by molar-refractivity contribution is 0.714. The lowest BCUT2D eigenvalue weighted by Crippen LogP contribution is -2.21. The van der Waals surface area contributed by atoms with E-state index in [1.54, 1.807) is 10.9 Å². The number of hydrogen-bond acceptors (Lipinski definition) is 4. The molecule has 1 aliphatic rings. The van der Waals surface area contributed by atoms with Crippen LogP contribution in [0.3, 0.4) is 0 Å². The van der Waals surface area contributed by atoms with Gasteiger partial charge in [0.2, 0.25) is 0 Å². The zero-order valence-electron chi connectivity index (χ0n) is 10.2. The third-order valence-corrected chi connectivity index (χ3v) is 4.48. The number of aromatic nitrogens is 4. The van der Waals surface area contributed by atoms with Crippen LogP contribution in [0, 0.1) is 0 Å². The van der Waals surface area contributed by atoms with Crippen molar-refractivity contribution in [3.63, 3.8) is 0 Å². The van der Waals surface area contributed by atoms with Gasteiger partial charge in [-0.25, -0.2) is 4.98 Å². The van der Waals surface area contributed by atoms with Gasteiger partial charge in [0.25, 0.3) is 5.56 Å². The smallest absolute Gasteiger partial charge is 0.262 e. The quantitative estimate of drug-likeness (QED) is 0.772. The fraction of sp³-hybridized carbons (Fsp3) is 0.308. The Hall–Kier alpha value is -1.95. The van der Waals surface area contributed by atoms with Crippen LogP contribution in [0.15, 0.2) is 22.6 Å². The van der Waals surface area contributed by atoms with Crippen molar-refractivity contribution in [1.82, 2.24) is 19.7 Å². The highest BCUT2D eigenvalue weighted by Gasteiger charge is 2.19. The highest BCUT2D eigenvalue weighted by atomic mass is 32.1. The summed E-state index contributed by atoms with van der Waals surface area (Å²) in [5.41, 5.74) is 3.51. The number of fused-ring (bicyclic) bond motifs is 2. The molecule has 6 heteroatoms. The molecule has 0 radical (unpaired) electrons. The van der Waals surface area contributed by atoms with Crippen LogP contribution in [0.4, 0.5) is 0 Å². The van der Waals surface area contributed by atoms with Gasteiger partial charge < -0.3 is 0 Å². The topological polar surface area (TPSA) is 63.6 Å². The van der Waals surface area contributed by atoms with Crippen LogP contribution in [0.2, 0.25) is 0 Å². The predicted molar refractivity (Wildman–Crippen MR) is 73.6 cm³/mol. The zero-order valence-corrected chi connectivity index (χ0v) is 11.0. The molecule has 0 saturated heterocycles. The van der Waals surface area contributed by atoms with Crippen molar-refractivity contribution in [2.45, 2.75) is 25.8 Å². The molecular formula is C13H12N4OS. The van der Waals surface area contributed by atoms with E-state index in [9.17, 15) is 4.79 Å². The molecule has 0 aromatic carbocycles. The average Bonchev–Trinajstić information content (AvgIpc) is 3.10. The number of nitrogens with one attached hydrogen (secondary N) is 1. The number of rotatable bonds is 2. The Morgan fingerprint density at radius 2 is 2.37 bits per heavy atom. The molecule has 0 aliphatic heterocycles. The Morgan fingerprint density at radius 1 is 1.42 bits per heavy atom. The van der Waals surface area contributed by atoms with Gasteiger partial charge >= 0.3 is 0 Å². The van der Waals surface area contributed by atoms with Crippen molar-refractivity contribution < 1.29 is 0 Å². The van der Waals surface area contributed by atoms with Crippen LogP contribution in [0.25, 0.3) is 10.2 Å². The molecule has 19 heavy (non-hydrogen) atoms. The lowest BCUT2D eigenvalue weighted by atomic mass is 10.2. The average molecular weight is 272 g/mol. The Labute approximate surface area is 112 Å². The summed E-state index contributed by atoms with van der Waals surface area (Å²) in [7, 11) is 0. The second-order valence-corrected chi connectivity index (χ2v) is 5.69. The SMILES string of the molecule is O=c1c2ccsc2ncn1Cc1n[nH]c2c1CCC2. The van der Waals surface area contributed by atoms with Crippen molar-refractivity contribution >= 4 is 21.6 Å². The number of H-pyrrole nitrogens is 1. The first-order valence-corrected chi connectivity index (χ1v) is 7.18. The molecule has 4 rings (SSSR count). The van der Waals surface area contributed by atoms with Gasteiger partial charge in [0.1, 0.15) is 4.83 Å². The van der Waals surface area contributed by atoms with E-state index < -0.39 is 0 Å². The summed E-state index contributed by atoms with van der Waals surface area (Å²) in [5, 5.41) is 10.00. The second-order valence-electron chi connectivity index (χ2n) is 4.80. The summed E-state index contributed by atoms with van der Waals surface area (Å²) in [5.74, 6) is 0. The molecule has 0 fully saturated rings. The predicted octanol–water partition coefficient (Wildman–Crippen LogP) is 1.72. The van der Waals surface area contributed by atoms with E-state index in [0.29, 0.717) is 11.9 Å². The van der Waals surface area contributed by atoms with Crippen molar-refractivity contribution in [1.29, 1.82) is 0 Å². The van der Waals surface area contributed by atoms with Gasteiger partial charge in [0.15, 0.2) is 0 Å². The molecule has 3 heterocycles. The Kier molecular flexibility index (Phi) is 2.32. The van der Waals surface area contributed by atoms with E-state index in [4.69, 9.17) is 0 Å². The maximum atomic E-state index is 12.3. The first-order valence-electron chi connectivity index (χ1n) is 6.30. The van der Waals surface area contributed by atoms with Crippen molar-refractivity contribution in [2.75, 3.05) is 0 Å². The highest BCUT2D eigenvalue weighted by molar-refractivity contribution is 7.16. The minimum absolute atomic E-state index is 0.0148. The number of thiophene rings is 1. The Morgan fingerprint density at radius 3 is 3.32 bits per heavy atom. The van der Waals surface area contributed by atoms with E-state index in [0.717, 1.165) is 23.4 Å². The molecule has 0 spiro atoms. The second kappa shape index (κ2) is 4.03. The first kappa shape index (κ1) is 10.9. The van der Waals surface area contributed by atoms with E-state index in [-0.39, 0.29) is 5.56 Å². The van der Waals surface area contributed by atoms with Crippen LogP contribution in [-0.2, 0) is 19.4 Å². The van der Waals surface area contributed by atoms with Crippen LogP contribution < -0.4 is 5.56 Å². The molecule has 0 atom stereocenters. The molecule has 96 valence electrons. The standard InChI is InChI=1S/C13H12N4OS/c18-13-9-4-5-19-12(9)14-7-17(13)6-11-8-2-1-3-10(8)15-16-11/h4-5,7H,1-3,6H2,(H,15,16). The van der Waals surface area contributed by atoms with Gasteiger partial charge in [0.05, 0.1) is 24.0 Å².